The molecule has 30 heavy (non-hydrogen) atoms. The van der Waals surface area contributed by atoms with Crippen LogP contribution in [0.3, 0.4) is 0 Å². The number of carbonyl (C=O) groups is 2. The largest absolute Gasteiger partial charge is 0.342 e. The fourth-order valence-corrected chi connectivity index (χ4v) is 4.15. The lowest BCUT2D eigenvalue weighted by molar-refractivity contribution is -0.122. The van der Waals surface area contributed by atoms with E-state index in [4.69, 9.17) is 0 Å². The average Bonchev–Trinajstić information content (AvgIpc) is 3.25. The quantitative estimate of drug-likeness (QED) is 0.400. The zero-order valence-corrected chi connectivity index (χ0v) is 16.6. The van der Waals surface area contributed by atoms with Crippen molar-refractivity contribution in [3.05, 3.63) is 89.8 Å². The summed E-state index contributed by atoms with van der Waals surface area (Å²) in [6.45, 7) is 2.85. The van der Waals surface area contributed by atoms with Gasteiger partial charge in [0.2, 0.25) is 0 Å². The molecule has 4 aromatic rings. The minimum Gasteiger partial charge on any atom is -0.342 e. The number of fused-ring (bicyclic) bond motifs is 2. The Balaban J connectivity index is 1.59. The highest BCUT2D eigenvalue weighted by atomic mass is 16.2. The molecule has 5 nitrogen and oxygen atoms in total. The molecule has 0 atom stereocenters. The Hall–Kier alpha value is -3.86. The van der Waals surface area contributed by atoms with Gasteiger partial charge in [-0.25, -0.2) is 4.79 Å². The van der Waals surface area contributed by atoms with E-state index >= 15 is 0 Å². The fourth-order valence-electron chi connectivity index (χ4n) is 4.15. The van der Waals surface area contributed by atoms with Crippen LogP contribution in [0.1, 0.15) is 18.1 Å². The van der Waals surface area contributed by atoms with E-state index in [2.05, 4.69) is 52.3 Å². The van der Waals surface area contributed by atoms with Crippen LogP contribution >= 0.6 is 0 Å². The van der Waals surface area contributed by atoms with Gasteiger partial charge in [0.1, 0.15) is 5.70 Å². The van der Waals surface area contributed by atoms with Crippen molar-refractivity contribution in [1.82, 2.24) is 14.8 Å². The van der Waals surface area contributed by atoms with E-state index in [0.29, 0.717) is 18.8 Å². The second-order valence-electron chi connectivity index (χ2n) is 7.41. The third-order valence-electron chi connectivity index (χ3n) is 5.62. The van der Waals surface area contributed by atoms with Crippen LogP contribution in [0.25, 0.3) is 27.8 Å². The smallest absolute Gasteiger partial charge is 0.328 e. The summed E-state index contributed by atoms with van der Waals surface area (Å²) in [4.78, 5) is 25.7. The summed E-state index contributed by atoms with van der Waals surface area (Å²) in [5.74, 6) is -0.284. The van der Waals surface area contributed by atoms with E-state index < -0.39 is 0 Å². The number of benzene rings is 3. The lowest BCUT2D eigenvalue weighted by atomic mass is 10.0. The first-order chi connectivity index (χ1) is 14.7. The summed E-state index contributed by atoms with van der Waals surface area (Å²) < 4.78 is 2.20. The number of para-hydroxylation sites is 1. The molecule has 0 saturated carbocycles. The van der Waals surface area contributed by atoms with Crippen molar-refractivity contribution >= 4 is 39.7 Å². The Kier molecular flexibility index (Phi) is 4.36. The van der Waals surface area contributed by atoms with Crippen molar-refractivity contribution in [2.24, 2.45) is 0 Å². The molecule has 0 aliphatic carbocycles. The Morgan fingerprint density at radius 1 is 0.900 bits per heavy atom. The van der Waals surface area contributed by atoms with E-state index in [1.165, 1.54) is 21.2 Å². The first-order valence-corrected chi connectivity index (χ1v) is 10.0. The van der Waals surface area contributed by atoms with E-state index in [1.54, 1.807) is 13.0 Å². The molecular weight excluding hydrogens is 374 g/mol. The zero-order valence-electron chi connectivity index (χ0n) is 16.6. The van der Waals surface area contributed by atoms with Crippen molar-refractivity contribution in [2.45, 2.75) is 13.5 Å². The second-order valence-corrected chi connectivity index (χ2v) is 7.41. The van der Waals surface area contributed by atoms with Gasteiger partial charge in [-0.1, -0.05) is 60.7 Å². The topological polar surface area (TPSA) is 54.3 Å². The number of nitrogens with zero attached hydrogens (tertiary/aromatic N) is 2. The summed E-state index contributed by atoms with van der Waals surface area (Å²) in [7, 11) is 0. The van der Waals surface area contributed by atoms with Crippen LogP contribution in [-0.4, -0.2) is 28.0 Å². The average molecular weight is 395 g/mol. The molecule has 1 N–H and O–H groups in total. The molecule has 0 spiro atoms. The van der Waals surface area contributed by atoms with Gasteiger partial charge >= 0.3 is 6.03 Å². The molecule has 3 amide bonds. The minimum atomic E-state index is -0.367. The van der Waals surface area contributed by atoms with Gasteiger partial charge in [0.05, 0.1) is 0 Å². The van der Waals surface area contributed by atoms with E-state index in [0.717, 1.165) is 16.5 Å². The summed E-state index contributed by atoms with van der Waals surface area (Å²) >= 11 is 0. The van der Waals surface area contributed by atoms with Crippen LogP contribution in [0, 0.1) is 0 Å². The van der Waals surface area contributed by atoms with Crippen molar-refractivity contribution in [2.75, 3.05) is 6.54 Å². The maximum Gasteiger partial charge on any atom is 0.328 e. The zero-order chi connectivity index (χ0) is 20.7. The molecule has 5 rings (SSSR count). The molecular formula is C25H21N3O2. The highest BCUT2D eigenvalue weighted by molar-refractivity contribution is 6.14. The monoisotopic (exact) mass is 395 g/mol. The van der Waals surface area contributed by atoms with Crippen LogP contribution in [-0.2, 0) is 11.3 Å². The molecule has 2 heterocycles. The Morgan fingerprint density at radius 3 is 2.43 bits per heavy atom. The van der Waals surface area contributed by atoms with E-state index in [9.17, 15) is 9.59 Å². The second kappa shape index (κ2) is 7.19. The number of aromatic nitrogens is 1. The predicted molar refractivity (Wildman–Crippen MR) is 119 cm³/mol. The van der Waals surface area contributed by atoms with Crippen LogP contribution in [0.2, 0.25) is 0 Å². The van der Waals surface area contributed by atoms with Gasteiger partial charge in [-0.3, -0.25) is 9.69 Å². The molecule has 0 bridgehead atoms. The molecule has 3 aromatic carbocycles. The van der Waals surface area contributed by atoms with Gasteiger partial charge in [0.25, 0.3) is 5.91 Å². The maximum absolute atomic E-state index is 12.5. The predicted octanol–water partition coefficient (Wildman–Crippen LogP) is 4.76. The number of amides is 3. The number of hydrogen-bond acceptors (Lipinski definition) is 2. The number of carbonyl (C=O) groups excluding carboxylic acids is 2. The number of rotatable bonds is 4. The van der Waals surface area contributed by atoms with Gasteiger partial charge in [0, 0.05) is 35.8 Å². The molecule has 1 saturated heterocycles. The SMILES string of the molecule is CCN1C(=O)N/C(=C/c2cn(Cc3cccc4ccccc34)c3ccccc23)C1=O. The van der Waals surface area contributed by atoms with Crippen molar-refractivity contribution < 1.29 is 9.59 Å². The van der Waals surface area contributed by atoms with Crippen molar-refractivity contribution in [3.8, 4) is 0 Å². The third-order valence-corrected chi connectivity index (χ3v) is 5.62. The Morgan fingerprint density at radius 2 is 1.63 bits per heavy atom. The first kappa shape index (κ1) is 18.2. The van der Waals surface area contributed by atoms with E-state index in [1.807, 2.05) is 30.5 Å². The summed E-state index contributed by atoms with van der Waals surface area (Å²) in [6, 6.07) is 22.5. The van der Waals surface area contributed by atoms with Gasteiger partial charge in [-0.15, -0.1) is 0 Å². The van der Waals surface area contributed by atoms with Gasteiger partial charge in [-0.2, -0.15) is 0 Å². The maximum atomic E-state index is 12.5. The standard InChI is InChI=1S/C25H21N3O2/c1-2-28-24(29)22(26-25(28)30)14-19-16-27(23-13-6-5-12-21(19)23)15-18-10-7-9-17-8-3-4-11-20(17)18/h3-14,16H,2,15H2,1H3,(H,26,30)/b22-14+. The minimum absolute atomic E-state index is 0.284. The van der Waals surface area contributed by atoms with Crippen molar-refractivity contribution in [3.63, 3.8) is 0 Å². The molecule has 5 heteroatoms. The lowest BCUT2D eigenvalue weighted by Crippen LogP contribution is -2.30. The molecule has 1 fully saturated rings. The van der Waals surface area contributed by atoms with Gasteiger partial charge < -0.3 is 9.88 Å². The van der Waals surface area contributed by atoms with Gasteiger partial charge in [0.15, 0.2) is 0 Å². The van der Waals surface area contributed by atoms with Crippen molar-refractivity contribution in [1.29, 1.82) is 0 Å². The first-order valence-electron chi connectivity index (χ1n) is 10.0. The van der Waals surface area contributed by atoms with Crippen LogP contribution in [0.5, 0.6) is 0 Å². The third kappa shape index (κ3) is 2.95. The Bertz CT molecular complexity index is 1330. The van der Waals surface area contributed by atoms with E-state index in [-0.39, 0.29) is 11.9 Å². The van der Waals surface area contributed by atoms with Crippen LogP contribution in [0.4, 0.5) is 4.79 Å². The number of likely N-dealkylation sites (N-methyl/N-ethyl adjacent to an activating group) is 1. The summed E-state index contributed by atoms with van der Waals surface area (Å²) in [6.07, 6.45) is 3.82. The molecule has 1 aliphatic heterocycles. The summed E-state index contributed by atoms with van der Waals surface area (Å²) in [5.41, 5.74) is 3.54. The number of imide groups is 1. The normalized spacial score (nSPS) is 15.5. The molecule has 1 aromatic heterocycles. The number of nitrogens with one attached hydrogen (secondary N) is 1. The molecule has 148 valence electrons. The molecule has 1 aliphatic rings. The number of hydrogen-bond donors (Lipinski definition) is 1. The highest BCUT2D eigenvalue weighted by Gasteiger charge is 2.32. The van der Waals surface area contributed by atoms with Gasteiger partial charge in [-0.05, 0) is 35.4 Å². The summed E-state index contributed by atoms with van der Waals surface area (Å²) in [5, 5.41) is 6.18. The highest BCUT2D eigenvalue weighted by Crippen LogP contribution is 2.27. The number of urea groups is 1. The Labute approximate surface area is 174 Å². The van der Waals surface area contributed by atoms with Crippen LogP contribution < -0.4 is 5.32 Å². The lowest BCUT2D eigenvalue weighted by Gasteiger charge is -2.09. The molecule has 0 unspecified atom stereocenters. The molecule has 0 radical (unpaired) electrons. The fraction of sp³-hybridized carbons (Fsp3) is 0.120. The van der Waals surface area contributed by atoms with Crippen LogP contribution in [0.15, 0.2) is 78.6 Å².